The Morgan fingerprint density at radius 3 is 2.18 bits per heavy atom. The van der Waals surface area contributed by atoms with E-state index in [-0.39, 0.29) is 34.1 Å². The molecule has 9 N–H and O–H groups in total. The van der Waals surface area contributed by atoms with Crippen LogP contribution in [-0.2, 0) is 36.7 Å². The monoisotopic (exact) mass is 674 g/mol. The van der Waals surface area contributed by atoms with E-state index >= 15 is 0 Å². The van der Waals surface area contributed by atoms with E-state index in [1.54, 1.807) is 0 Å². The standard InChI is InChI=1S/C20H24N10O13P2/c21-14-8-16(28-20(22)27-14)30(4-25-8)18-11(32)12-7(41-18)2-39-45(36,37)43-13-10(31)6(1-38-44(34,35)42-12)40-19(13)29-5-26-9-15(29)23-3-24-17(9)33/h3-7,10-13,18-19,31-32H,1-2H2,(H,34,35)(H,36,37)(H,23,24,33)(H4,21,22,27,28)/t6-,7?,10-,11-,12-,13-,18-,19-/m1/s1. The van der Waals surface area contributed by atoms with Crippen LogP contribution in [0.5, 0.6) is 0 Å². The number of rotatable bonds is 2. The molecule has 0 radical (unpaired) electrons. The summed E-state index contributed by atoms with van der Waals surface area (Å²) >= 11 is 0. The number of fused-ring (bicyclic) bond motifs is 5. The predicted octanol–water partition coefficient (Wildman–Crippen LogP) is -2.34. The number of H-pyrrole nitrogens is 1. The Morgan fingerprint density at radius 2 is 1.44 bits per heavy atom. The summed E-state index contributed by atoms with van der Waals surface area (Å²) in [6.07, 6.45) is -9.27. The van der Waals surface area contributed by atoms with Gasteiger partial charge in [0.25, 0.3) is 5.56 Å². The van der Waals surface area contributed by atoms with Crippen LogP contribution in [0.1, 0.15) is 12.5 Å². The van der Waals surface area contributed by atoms with E-state index in [0.29, 0.717) is 0 Å². The van der Waals surface area contributed by atoms with Crippen molar-refractivity contribution in [2.24, 2.45) is 0 Å². The van der Waals surface area contributed by atoms with Crippen molar-refractivity contribution in [3.63, 3.8) is 0 Å². The summed E-state index contributed by atoms with van der Waals surface area (Å²) in [5.74, 6) is -0.285. The van der Waals surface area contributed by atoms with Crippen LogP contribution < -0.4 is 17.0 Å². The lowest BCUT2D eigenvalue weighted by Gasteiger charge is -2.25. The second-order valence-corrected chi connectivity index (χ2v) is 12.9. The zero-order chi connectivity index (χ0) is 31.8. The van der Waals surface area contributed by atoms with Crippen molar-refractivity contribution >= 4 is 49.7 Å². The molecule has 23 nitrogen and oxygen atoms in total. The van der Waals surface area contributed by atoms with Gasteiger partial charge in [-0.2, -0.15) is 9.97 Å². The van der Waals surface area contributed by atoms with E-state index in [1.165, 1.54) is 10.9 Å². The van der Waals surface area contributed by atoms with Crippen molar-refractivity contribution in [3.8, 4) is 0 Å². The molecular weight excluding hydrogens is 650 g/mol. The van der Waals surface area contributed by atoms with E-state index in [4.69, 9.17) is 39.0 Å². The number of aliphatic hydroxyl groups excluding tert-OH is 2. The Balaban J connectivity index is 1.21. The number of aromatic nitrogens is 8. The summed E-state index contributed by atoms with van der Waals surface area (Å²) in [6, 6.07) is 0. The molecule has 3 fully saturated rings. The highest BCUT2D eigenvalue weighted by Crippen LogP contribution is 2.53. The average Bonchev–Trinajstić information content (AvgIpc) is 3.72. The topological polar surface area (TPSA) is 330 Å². The van der Waals surface area contributed by atoms with E-state index in [2.05, 4.69) is 29.9 Å². The fourth-order valence-electron chi connectivity index (χ4n) is 5.30. The quantitative estimate of drug-likeness (QED) is 0.109. The van der Waals surface area contributed by atoms with Crippen molar-refractivity contribution in [2.45, 2.75) is 49.1 Å². The molecule has 10 atom stereocenters. The predicted molar refractivity (Wildman–Crippen MR) is 143 cm³/mol. The number of nitrogens with two attached hydrogens (primary N) is 2. The van der Waals surface area contributed by atoms with Crippen LogP contribution in [-0.4, -0.2) is 109 Å². The molecule has 4 aromatic heterocycles. The molecule has 0 aromatic carbocycles. The van der Waals surface area contributed by atoms with Gasteiger partial charge in [0, 0.05) is 0 Å². The van der Waals surface area contributed by atoms with E-state index in [0.717, 1.165) is 17.2 Å². The number of nitrogen functional groups attached to an aromatic ring is 2. The highest BCUT2D eigenvalue weighted by molar-refractivity contribution is 7.47. The number of phosphoric acid groups is 2. The molecule has 7 heterocycles. The summed E-state index contributed by atoms with van der Waals surface area (Å²) in [5.41, 5.74) is 11.0. The van der Waals surface area contributed by atoms with Crippen LogP contribution in [0.2, 0.25) is 0 Å². The first-order valence-corrected chi connectivity index (χ1v) is 16.0. The summed E-state index contributed by atoms with van der Waals surface area (Å²) in [6.45, 7) is -1.65. The first kappa shape index (κ1) is 30.2. The third-order valence-electron chi connectivity index (χ3n) is 7.32. The van der Waals surface area contributed by atoms with Gasteiger partial charge in [-0.05, 0) is 0 Å². The highest BCUT2D eigenvalue weighted by Gasteiger charge is 2.54. The maximum Gasteiger partial charge on any atom is 0.472 e. The molecule has 0 spiro atoms. The van der Waals surface area contributed by atoms with Gasteiger partial charge in [0.1, 0.15) is 42.1 Å². The van der Waals surface area contributed by atoms with Gasteiger partial charge in [-0.25, -0.2) is 24.1 Å². The Bertz CT molecular complexity index is 1940. The van der Waals surface area contributed by atoms with Crippen LogP contribution in [0, 0.1) is 0 Å². The van der Waals surface area contributed by atoms with Gasteiger partial charge < -0.3 is 45.9 Å². The minimum atomic E-state index is -5.10. The fraction of sp³-hybridized carbons (Fsp3) is 0.500. The van der Waals surface area contributed by atoms with Crippen molar-refractivity contribution < 1.29 is 56.7 Å². The minimum absolute atomic E-state index is 0.0277. The maximum absolute atomic E-state index is 13.2. The van der Waals surface area contributed by atoms with Crippen molar-refractivity contribution in [1.29, 1.82) is 0 Å². The molecule has 25 heteroatoms. The molecule has 7 rings (SSSR count). The lowest BCUT2D eigenvalue weighted by Crippen LogP contribution is -2.36. The van der Waals surface area contributed by atoms with Crippen LogP contribution in [0.25, 0.3) is 22.3 Å². The highest BCUT2D eigenvalue weighted by atomic mass is 31.2. The lowest BCUT2D eigenvalue weighted by atomic mass is 10.1. The number of anilines is 2. The number of phosphoric ester groups is 2. The normalized spacial score (nSPS) is 37.7. The molecule has 242 valence electrons. The van der Waals surface area contributed by atoms with Crippen LogP contribution in [0.4, 0.5) is 11.8 Å². The van der Waals surface area contributed by atoms with E-state index in [1.807, 2.05) is 0 Å². The summed E-state index contributed by atoms with van der Waals surface area (Å²) in [5, 5.41) is 22.1. The third-order valence-corrected chi connectivity index (χ3v) is 9.29. The smallest absolute Gasteiger partial charge is 0.387 e. The Kier molecular flexibility index (Phi) is 7.27. The Labute approximate surface area is 248 Å². The van der Waals surface area contributed by atoms with E-state index < -0.39 is 83.5 Å². The Hall–Kier alpha value is -3.44. The first-order chi connectivity index (χ1) is 21.3. The lowest BCUT2D eigenvalue weighted by molar-refractivity contribution is -0.0672. The molecule has 0 saturated carbocycles. The molecular formula is C20H24N10O13P2. The fourth-order valence-corrected chi connectivity index (χ4v) is 7.20. The van der Waals surface area contributed by atoms with Gasteiger partial charge in [-0.15, -0.1) is 0 Å². The number of aromatic amines is 1. The molecule has 3 aliphatic heterocycles. The number of nitrogens with zero attached hydrogens (tertiary/aromatic N) is 7. The largest absolute Gasteiger partial charge is 0.472 e. The van der Waals surface area contributed by atoms with Crippen molar-refractivity contribution in [3.05, 3.63) is 29.3 Å². The number of ether oxygens (including phenoxy) is 2. The van der Waals surface area contributed by atoms with Gasteiger partial charge in [-0.3, -0.25) is 32.0 Å². The number of imidazole rings is 2. The molecule has 0 amide bonds. The molecule has 0 aliphatic carbocycles. The van der Waals surface area contributed by atoms with Crippen LogP contribution >= 0.6 is 15.6 Å². The van der Waals surface area contributed by atoms with Gasteiger partial charge in [0.2, 0.25) is 5.95 Å². The molecule has 2 bridgehead atoms. The molecule has 3 unspecified atom stereocenters. The SMILES string of the molecule is Nc1nc(N)c2ncn([C@@H]3OC4COP(=O)(O)O[C@@H]5[C@H](O)[C@@H](COP(=O)(O)O[C@H]4[C@H]3O)O[C@H]5n3cnc4c(=O)[nH]cnc43)c2n1. The zero-order valence-electron chi connectivity index (χ0n) is 22.4. The minimum Gasteiger partial charge on any atom is -0.387 e. The zero-order valence-corrected chi connectivity index (χ0v) is 24.2. The summed E-state index contributed by atoms with van der Waals surface area (Å²) in [7, 11) is -10.2. The number of hydrogen-bond acceptors (Lipinski definition) is 18. The first-order valence-electron chi connectivity index (χ1n) is 13.0. The summed E-state index contributed by atoms with van der Waals surface area (Å²) in [4.78, 5) is 55.7. The van der Waals surface area contributed by atoms with Gasteiger partial charge in [0.15, 0.2) is 35.1 Å². The maximum atomic E-state index is 13.2. The van der Waals surface area contributed by atoms with E-state index in [9.17, 15) is 33.9 Å². The summed E-state index contributed by atoms with van der Waals surface area (Å²) < 4.78 is 61.0. The van der Waals surface area contributed by atoms with Gasteiger partial charge in [0.05, 0.1) is 32.2 Å². The molecule has 3 saturated heterocycles. The number of aliphatic hydroxyl groups is 2. The van der Waals surface area contributed by atoms with Crippen molar-refractivity contribution in [2.75, 3.05) is 24.7 Å². The van der Waals surface area contributed by atoms with Gasteiger partial charge in [-0.1, -0.05) is 0 Å². The van der Waals surface area contributed by atoms with Crippen molar-refractivity contribution in [1.82, 2.24) is 39.0 Å². The number of nitrogens with one attached hydrogen (secondary N) is 1. The van der Waals surface area contributed by atoms with Crippen LogP contribution in [0.3, 0.4) is 0 Å². The second kappa shape index (κ2) is 10.8. The van der Waals surface area contributed by atoms with Crippen LogP contribution in [0.15, 0.2) is 23.8 Å². The molecule has 3 aliphatic rings. The molecule has 45 heavy (non-hydrogen) atoms. The third kappa shape index (κ3) is 5.31. The van der Waals surface area contributed by atoms with Gasteiger partial charge >= 0.3 is 15.6 Å². The second-order valence-electron chi connectivity index (χ2n) is 10.1. The average molecular weight is 674 g/mol. The number of hydrogen-bond donors (Lipinski definition) is 7. The molecule has 4 aromatic rings. The Morgan fingerprint density at radius 1 is 0.822 bits per heavy atom.